The highest BCUT2D eigenvalue weighted by atomic mass is 16.5. The largest absolute Gasteiger partial charge is 0.380 e. The fourth-order valence-corrected chi connectivity index (χ4v) is 1.80. The molecule has 0 aliphatic heterocycles. The van der Waals surface area contributed by atoms with Gasteiger partial charge in [0.2, 0.25) is 0 Å². The second-order valence-corrected chi connectivity index (χ2v) is 4.82. The Hall–Kier alpha value is -0.860. The molecule has 1 aliphatic rings. The van der Waals surface area contributed by atoms with Gasteiger partial charge in [-0.3, -0.25) is 0 Å². The molecular weight excluding hydrogens is 198 g/mol. The van der Waals surface area contributed by atoms with Crippen molar-refractivity contribution in [2.24, 2.45) is 11.7 Å². The minimum atomic E-state index is 0.347. The third kappa shape index (κ3) is 3.32. The zero-order valence-corrected chi connectivity index (χ0v) is 9.99. The lowest BCUT2D eigenvalue weighted by Gasteiger charge is -2.15. The van der Waals surface area contributed by atoms with Crippen LogP contribution in [0.1, 0.15) is 29.9 Å². The number of aryl methyl sites for hydroxylation is 1. The summed E-state index contributed by atoms with van der Waals surface area (Å²) >= 11 is 0. The molecule has 88 valence electrons. The highest BCUT2D eigenvalue weighted by molar-refractivity contribution is 5.24. The Morgan fingerprint density at radius 1 is 1.31 bits per heavy atom. The lowest BCUT2D eigenvalue weighted by Crippen LogP contribution is -2.18. The van der Waals surface area contributed by atoms with Crippen LogP contribution in [-0.4, -0.2) is 19.8 Å². The van der Waals surface area contributed by atoms with Crippen LogP contribution in [0.15, 0.2) is 24.3 Å². The molecular formula is C14H21NO. The summed E-state index contributed by atoms with van der Waals surface area (Å²) in [7, 11) is 0. The molecule has 0 spiro atoms. The Morgan fingerprint density at radius 2 is 2.00 bits per heavy atom. The number of hydrogen-bond donors (Lipinski definition) is 1. The topological polar surface area (TPSA) is 35.2 Å². The second kappa shape index (κ2) is 5.46. The molecule has 16 heavy (non-hydrogen) atoms. The quantitative estimate of drug-likeness (QED) is 0.797. The maximum absolute atomic E-state index is 5.80. The Morgan fingerprint density at radius 3 is 2.56 bits per heavy atom. The molecule has 0 radical (unpaired) electrons. The lowest BCUT2D eigenvalue weighted by atomic mass is 9.99. The third-order valence-corrected chi connectivity index (χ3v) is 3.20. The molecule has 2 rings (SSSR count). The predicted octanol–water partition coefficient (Wildman–Crippen LogP) is 2.46. The van der Waals surface area contributed by atoms with E-state index in [0.717, 1.165) is 19.1 Å². The van der Waals surface area contributed by atoms with E-state index in [2.05, 4.69) is 31.2 Å². The zero-order valence-electron chi connectivity index (χ0n) is 9.99. The van der Waals surface area contributed by atoms with Crippen LogP contribution in [-0.2, 0) is 4.74 Å². The van der Waals surface area contributed by atoms with E-state index in [1.54, 1.807) is 0 Å². The van der Waals surface area contributed by atoms with Crippen molar-refractivity contribution in [3.05, 3.63) is 35.4 Å². The number of hydrogen-bond acceptors (Lipinski definition) is 2. The molecule has 2 N–H and O–H groups in total. The molecule has 1 unspecified atom stereocenters. The fourth-order valence-electron chi connectivity index (χ4n) is 1.80. The standard InChI is InChI=1S/C14H21NO/c1-11-2-6-13(7-3-11)14(8-15)10-16-9-12-4-5-12/h2-3,6-7,12,14H,4-5,8-10,15H2,1H3. The molecule has 0 saturated heterocycles. The summed E-state index contributed by atoms with van der Waals surface area (Å²) in [6, 6.07) is 8.60. The summed E-state index contributed by atoms with van der Waals surface area (Å²) in [4.78, 5) is 0. The van der Waals surface area contributed by atoms with Crippen molar-refractivity contribution in [3.63, 3.8) is 0 Å². The van der Waals surface area contributed by atoms with Gasteiger partial charge >= 0.3 is 0 Å². The molecule has 0 heterocycles. The lowest BCUT2D eigenvalue weighted by molar-refractivity contribution is 0.112. The summed E-state index contributed by atoms with van der Waals surface area (Å²) < 4.78 is 5.72. The van der Waals surface area contributed by atoms with E-state index in [1.807, 2.05) is 0 Å². The predicted molar refractivity (Wildman–Crippen MR) is 66.5 cm³/mol. The van der Waals surface area contributed by atoms with Crippen molar-refractivity contribution >= 4 is 0 Å². The van der Waals surface area contributed by atoms with Gasteiger partial charge in [-0.2, -0.15) is 0 Å². The summed E-state index contributed by atoms with van der Waals surface area (Å²) in [6.45, 7) is 4.44. The number of benzene rings is 1. The van der Waals surface area contributed by atoms with Crippen LogP contribution in [0.2, 0.25) is 0 Å². The van der Waals surface area contributed by atoms with Crippen LogP contribution in [0.4, 0.5) is 0 Å². The van der Waals surface area contributed by atoms with Gasteiger partial charge in [0, 0.05) is 19.1 Å². The van der Waals surface area contributed by atoms with Crippen LogP contribution in [0, 0.1) is 12.8 Å². The molecule has 1 aromatic carbocycles. The van der Waals surface area contributed by atoms with Crippen molar-refractivity contribution in [2.75, 3.05) is 19.8 Å². The molecule has 0 bridgehead atoms. The number of rotatable bonds is 6. The molecule has 1 atom stereocenters. The highest BCUT2D eigenvalue weighted by Gasteiger charge is 2.21. The summed E-state index contributed by atoms with van der Waals surface area (Å²) in [5.74, 6) is 1.18. The molecule has 0 aromatic heterocycles. The molecule has 1 aromatic rings. The first-order chi connectivity index (χ1) is 7.79. The van der Waals surface area contributed by atoms with Crippen molar-refractivity contribution < 1.29 is 4.74 Å². The molecule has 0 amide bonds. The van der Waals surface area contributed by atoms with E-state index >= 15 is 0 Å². The van der Waals surface area contributed by atoms with Crippen molar-refractivity contribution in [1.29, 1.82) is 0 Å². The SMILES string of the molecule is Cc1ccc(C(CN)COCC2CC2)cc1. The molecule has 1 fully saturated rings. The van der Waals surface area contributed by atoms with Gasteiger partial charge in [0.05, 0.1) is 6.61 Å². The van der Waals surface area contributed by atoms with E-state index in [4.69, 9.17) is 10.5 Å². The summed E-state index contributed by atoms with van der Waals surface area (Å²) in [5.41, 5.74) is 8.38. The van der Waals surface area contributed by atoms with Gasteiger partial charge in [-0.1, -0.05) is 29.8 Å². The van der Waals surface area contributed by atoms with E-state index in [9.17, 15) is 0 Å². The first-order valence-corrected chi connectivity index (χ1v) is 6.14. The molecule has 1 aliphatic carbocycles. The summed E-state index contributed by atoms with van der Waals surface area (Å²) in [5, 5.41) is 0. The zero-order chi connectivity index (χ0) is 11.4. The Bertz CT molecular complexity index is 316. The van der Waals surface area contributed by atoms with Crippen molar-refractivity contribution in [2.45, 2.75) is 25.7 Å². The van der Waals surface area contributed by atoms with E-state index in [1.165, 1.54) is 24.0 Å². The van der Waals surface area contributed by atoms with Crippen LogP contribution >= 0.6 is 0 Å². The van der Waals surface area contributed by atoms with E-state index in [-0.39, 0.29) is 0 Å². The third-order valence-electron chi connectivity index (χ3n) is 3.20. The van der Waals surface area contributed by atoms with Crippen molar-refractivity contribution in [1.82, 2.24) is 0 Å². The van der Waals surface area contributed by atoms with Gasteiger partial charge in [-0.15, -0.1) is 0 Å². The maximum atomic E-state index is 5.80. The van der Waals surface area contributed by atoms with Gasteiger partial charge in [0.25, 0.3) is 0 Å². The van der Waals surface area contributed by atoms with Gasteiger partial charge in [0.15, 0.2) is 0 Å². The van der Waals surface area contributed by atoms with Crippen molar-refractivity contribution in [3.8, 4) is 0 Å². The first-order valence-electron chi connectivity index (χ1n) is 6.14. The van der Waals surface area contributed by atoms with E-state index < -0.39 is 0 Å². The number of nitrogens with two attached hydrogens (primary N) is 1. The normalized spacial score (nSPS) is 17.4. The highest BCUT2D eigenvalue weighted by Crippen LogP contribution is 2.29. The van der Waals surface area contributed by atoms with Gasteiger partial charge in [-0.25, -0.2) is 0 Å². The number of ether oxygens (including phenoxy) is 1. The van der Waals surface area contributed by atoms with Crippen LogP contribution in [0.3, 0.4) is 0 Å². The minimum absolute atomic E-state index is 0.347. The van der Waals surface area contributed by atoms with Crippen LogP contribution in [0.5, 0.6) is 0 Å². The Balaban J connectivity index is 1.84. The monoisotopic (exact) mass is 219 g/mol. The second-order valence-electron chi connectivity index (χ2n) is 4.82. The average Bonchev–Trinajstić information content (AvgIpc) is 3.10. The summed E-state index contributed by atoms with van der Waals surface area (Å²) in [6.07, 6.45) is 2.69. The average molecular weight is 219 g/mol. The smallest absolute Gasteiger partial charge is 0.0547 e. The molecule has 2 heteroatoms. The fraction of sp³-hybridized carbons (Fsp3) is 0.571. The molecule has 1 saturated carbocycles. The van der Waals surface area contributed by atoms with Gasteiger partial charge in [-0.05, 0) is 31.2 Å². The minimum Gasteiger partial charge on any atom is -0.380 e. The Labute approximate surface area is 97.8 Å². The molecule has 2 nitrogen and oxygen atoms in total. The maximum Gasteiger partial charge on any atom is 0.0547 e. The Kier molecular flexibility index (Phi) is 3.97. The van der Waals surface area contributed by atoms with Crippen LogP contribution in [0.25, 0.3) is 0 Å². The van der Waals surface area contributed by atoms with Gasteiger partial charge < -0.3 is 10.5 Å². The van der Waals surface area contributed by atoms with Gasteiger partial charge in [0.1, 0.15) is 0 Å². The van der Waals surface area contributed by atoms with E-state index in [0.29, 0.717) is 12.5 Å². The first kappa shape index (κ1) is 11.6. The van der Waals surface area contributed by atoms with Crippen LogP contribution < -0.4 is 5.73 Å².